The molecule has 1 amide bonds. The Morgan fingerprint density at radius 2 is 1.68 bits per heavy atom. The van der Waals surface area contributed by atoms with E-state index in [1.54, 1.807) is 18.2 Å². The minimum atomic E-state index is -3.86. The second-order valence-electron chi connectivity index (χ2n) is 7.18. The summed E-state index contributed by atoms with van der Waals surface area (Å²) in [4.78, 5) is 13.3. The van der Waals surface area contributed by atoms with Crippen LogP contribution in [0.15, 0.2) is 77.7 Å². The van der Waals surface area contributed by atoms with Gasteiger partial charge in [-0.15, -0.1) is 0 Å². The zero-order valence-electron chi connectivity index (χ0n) is 17.8. The van der Waals surface area contributed by atoms with E-state index in [0.29, 0.717) is 12.2 Å². The highest BCUT2D eigenvalue weighted by Crippen LogP contribution is 2.26. The normalized spacial score (nSPS) is 12.1. The summed E-state index contributed by atoms with van der Waals surface area (Å²) in [6.07, 6.45) is 0.685. The van der Waals surface area contributed by atoms with E-state index < -0.39 is 15.9 Å². The summed E-state index contributed by atoms with van der Waals surface area (Å²) in [6, 6.07) is 20.6. The molecule has 0 saturated carbocycles. The van der Waals surface area contributed by atoms with Crippen molar-refractivity contribution in [2.24, 2.45) is 0 Å². The number of benzene rings is 3. The van der Waals surface area contributed by atoms with Gasteiger partial charge in [0, 0.05) is 0 Å². The molecule has 0 bridgehead atoms. The Balaban J connectivity index is 1.92. The van der Waals surface area contributed by atoms with Crippen molar-refractivity contribution in [2.45, 2.75) is 31.2 Å². The number of ether oxygens (including phenoxy) is 1. The highest BCUT2D eigenvalue weighted by atomic mass is 32.2. The molecule has 7 heteroatoms. The van der Waals surface area contributed by atoms with Gasteiger partial charge in [-0.3, -0.25) is 9.52 Å². The van der Waals surface area contributed by atoms with Crippen molar-refractivity contribution in [2.75, 3.05) is 11.8 Å². The van der Waals surface area contributed by atoms with E-state index >= 15 is 0 Å². The minimum absolute atomic E-state index is 0.121. The van der Waals surface area contributed by atoms with E-state index in [1.807, 2.05) is 44.2 Å². The van der Waals surface area contributed by atoms with Crippen LogP contribution >= 0.6 is 0 Å². The highest BCUT2D eigenvalue weighted by molar-refractivity contribution is 7.92. The van der Waals surface area contributed by atoms with E-state index in [4.69, 9.17) is 4.74 Å². The summed E-state index contributed by atoms with van der Waals surface area (Å²) in [6.45, 7) is 3.86. The lowest BCUT2D eigenvalue weighted by Crippen LogP contribution is -2.29. The minimum Gasteiger partial charge on any atom is -0.497 e. The Labute approximate surface area is 183 Å². The SMILES string of the molecule is CC[C@@H](NC(=O)c1cc(OC)ccc1NS(=O)(=O)c1ccc(C)cc1)c1ccccc1. The Hall–Kier alpha value is -3.32. The molecule has 0 spiro atoms. The molecule has 0 radical (unpaired) electrons. The van der Waals surface area contributed by atoms with Crippen LogP contribution < -0.4 is 14.8 Å². The first kappa shape index (κ1) is 22.4. The van der Waals surface area contributed by atoms with Crippen LogP contribution in [0.25, 0.3) is 0 Å². The second kappa shape index (κ2) is 9.66. The fourth-order valence-electron chi connectivity index (χ4n) is 3.19. The third kappa shape index (κ3) is 5.44. The number of methoxy groups -OCH3 is 1. The third-order valence-corrected chi connectivity index (χ3v) is 6.34. The van der Waals surface area contributed by atoms with Crippen molar-refractivity contribution in [3.63, 3.8) is 0 Å². The highest BCUT2D eigenvalue weighted by Gasteiger charge is 2.21. The Morgan fingerprint density at radius 3 is 2.29 bits per heavy atom. The van der Waals surface area contributed by atoms with Gasteiger partial charge in [-0.2, -0.15) is 0 Å². The van der Waals surface area contributed by atoms with Crippen LogP contribution in [-0.2, 0) is 10.0 Å². The van der Waals surface area contributed by atoms with Crippen LogP contribution in [0.3, 0.4) is 0 Å². The van der Waals surface area contributed by atoms with Crippen LogP contribution in [0.1, 0.15) is 40.9 Å². The van der Waals surface area contributed by atoms with E-state index in [0.717, 1.165) is 11.1 Å². The van der Waals surface area contributed by atoms with E-state index in [2.05, 4.69) is 10.0 Å². The fourth-order valence-corrected chi connectivity index (χ4v) is 4.27. The number of anilines is 1. The zero-order valence-corrected chi connectivity index (χ0v) is 18.6. The largest absolute Gasteiger partial charge is 0.497 e. The fraction of sp³-hybridized carbons (Fsp3) is 0.208. The predicted octanol–water partition coefficient (Wildman–Crippen LogP) is 4.69. The lowest BCUT2D eigenvalue weighted by atomic mass is 10.0. The van der Waals surface area contributed by atoms with Gasteiger partial charge >= 0.3 is 0 Å². The van der Waals surface area contributed by atoms with Crippen LogP contribution in [-0.4, -0.2) is 21.4 Å². The molecule has 0 saturated heterocycles. The van der Waals surface area contributed by atoms with Gasteiger partial charge < -0.3 is 10.1 Å². The molecule has 3 rings (SSSR count). The maximum atomic E-state index is 13.1. The van der Waals surface area contributed by atoms with Gasteiger partial charge in [-0.25, -0.2) is 8.42 Å². The molecular formula is C24H26N2O4S. The summed E-state index contributed by atoms with van der Waals surface area (Å²) in [5, 5.41) is 2.99. The number of hydrogen-bond acceptors (Lipinski definition) is 4. The van der Waals surface area contributed by atoms with Crippen molar-refractivity contribution in [3.8, 4) is 5.75 Å². The monoisotopic (exact) mass is 438 g/mol. The Bertz CT molecular complexity index is 1140. The van der Waals surface area contributed by atoms with Crippen LogP contribution in [0, 0.1) is 6.92 Å². The standard InChI is InChI=1S/C24H26N2O4S/c1-4-22(18-8-6-5-7-9-18)25-24(27)21-16-19(30-3)12-15-23(21)26-31(28,29)20-13-10-17(2)11-14-20/h5-16,22,26H,4H2,1-3H3,(H,25,27)/t22-/m1/s1. The van der Waals surface area contributed by atoms with Gasteiger partial charge in [-0.05, 0) is 49.2 Å². The van der Waals surface area contributed by atoms with Gasteiger partial charge in [-0.1, -0.05) is 55.0 Å². The van der Waals surface area contributed by atoms with Gasteiger partial charge in [0.25, 0.3) is 15.9 Å². The predicted molar refractivity (Wildman–Crippen MR) is 122 cm³/mol. The maximum absolute atomic E-state index is 13.1. The molecule has 0 heterocycles. The third-order valence-electron chi connectivity index (χ3n) is 4.96. The number of rotatable bonds is 8. The van der Waals surface area contributed by atoms with E-state index in [1.165, 1.54) is 31.4 Å². The number of aryl methyl sites for hydroxylation is 1. The number of amides is 1. The number of carbonyl (C=O) groups is 1. The molecule has 31 heavy (non-hydrogen) atoms. The first-order valence-electron chi connectivity index (χ1n) is 9.97. The molecule has 0 aliphatic carbocycles. The Kier molecular flexibility index (Phi) is 6.97. The van der Waals surface area contributed by atoms with Gasteiger partial charge in [0.2, 0.25) is 0 Å². The summed E-state index contributed by atoms with van der Waals surface area (Å²) < 4.78 is 33.5. The average molecular weight is 439 g/mol. The van der Waals surface area contributed by atoms with Crippen molar-refractivity contribution in [1.82, 2.24) is 5.32 Å². The molecule has 0 aliphatic rings. The maximum Gasteiger partial charge on any atom is 0.261 e. The summed E-state index contributed by atoms with van der Waals surface area (Å²) in [7, 11) is -2.37. The van der Waals surface area contributed by atoms with Gasteiger partial charge in [0.05, 0.1) is 29.3 Å². The number of hydrogen-bond donors (Lipinski definition) is 2. The van der Waals surface area contributed by atoms with Crippen LogP contribution in [0.2, 0.25) is 0 Å². The molecular weight excluding hydrogens is 412 g/mol. The molecule has 2 N–H and O–H groups in total. The van der Waals surface area contributed by atoms with Crippen LogP contribution in [0.4, 0.5) is 5.69 Å². The molecule has 0 unspecified atom stereocenters. The topological polar surface area (TPSA) is 84.5 Å². The van der Waals surface area contributed by atoms with Crippen molar-refractivity contribution < 1.29 is 17.9 Å². The van der Waals surface area contributed by atoms with Gasteiger partial charge in [0.1, 0.15) is 5.75 Å². The van der Waals surface area contributed by atoms with Gasteiger partial charge in [0.15, 0.2) is 0 Å². The Morgan fingerprint density at radius 1 is 1.00 bits per heavy atom. The summed E-state index contributed by atoms with van der Waals surface area (Å²) >= 11 is 0. The first-order valence-corrected chi connectivity index (χ1v) is 11.5. The molecule has 0 aliphatic heterocycles. The molecule has 0 aromatic heterocycles. The molecule has 6 nitrogen and oxygen atoms in total. The van der Waals surface area contributed by atoms with E-state index in [9.17, 15) is 13.2 Å². The molecule has 1 atom stereocenters. The number of nitrogens with one attached hydrogen (secondary N) is 2. The smallest absolute Gasteiger partial charge is 0.261 e. The summed E-state index contributed by atoms with van der Waals surface area (Å²) in [5.41, 5.74) is 2.30. The molecule has 162 valence electrons. The number of carbonyl (C=O) groups excluding carboxylic acids is 1. The van der Waals surface area contributed by atoms with Crippen molar-refractivity contribution in [1.29, 1.82) is 0 Å². The molecule has 3 aromatic rings. The molecule has 0 fully saturated rings. The zero-order chi connectivity index (χ0) is 22.4. The molecule has 3 aromatic carbocycles. The number of sulfonamides is 1. The van der Waals surface area contributed by atoms with E-state index in [-0.39, 0.29) is 22.2 Å². The lowest BCUT2D eigenvalue weighted by Gasteiger charge is -2.19. The van der Waals surface area contributed by atoms with Crippen LogP contribution in [0.5, 0.6) is 5.75 Å². The van der Waals surface area contributed by atoms with Crippen molar-refractivity contribution in [3.05, 3.63) is 89.5 Å². The quantitative estimate of drug-likeness (QED) is 0.535. The summed E-state index contributed by atoms with van der Waals surface area (Å²) in [5.74, 6) is 0.0624. The first-order chi connectivity index (χ1) is 14.8. The van der Waals surface area contributed by atoms with Crippen molar-refractivity contribution >= 4 is 21.6 Å². The average Bonchev–Trinajstić information content (AvgIpc) is 2.78. The lowest BCUT2D eigenvalue weighted by molar-refractivity contribution is 0.0936. The second-order valence-corrected chi connectivity index (χ2v) is 8.86.